The molecule has 0 unspecified atom stereocenters. The average molecular weight is 457 g/mol. The number of fused-ring (bicyclic) bond motifs is 1. The summed E-state index contributed by atoms with van der Waals surface area (Å²) in [5.74, 6) is -3.11. The molecule has 32 heavy (non-hydrogen) atoms. The van der Waals surface area contributed by atoms with Gasteiger partial charge in [0.1, 0.15) is 11.4 Å². The van der Waals surface area contributed by atoms with Crippen molar-refractivity contribution in [3.05, 3.63) is 86.1 Å². The van der Waals surface area contributed by atoms with Gasteiger partial charge in [0.15, 0.2) is 22.6 Å². The second kappa shape index (κ2) is 8.42. The summed E-state index contributed by atoms with van der Waals surface area (Å²) in [7, 11) is 1.28. The zero-order chi connectivity index (χ0) is 23.0. The summed E-state index contributed by atoms with van der Waals surface area (Å²) >= 11 is 0.946. The molecule has 164 valence electrons. The zero-order valence-corrected chi connectivity index (χ0v) is 17.6. The Morgan fingerprint density at radius 2 is 1.84 bits per heavy atom. The molecule has 8 nitrogen and oxygen atoms in total. The Kier molecular flexibility index (Phi) is 5.66. The molecule has 2 heterocycles. The Morgan fingerprint density at radius 3 is 2.56 bits per heavy atom. The molecule has 0 amide bonds. The van der Waals surface area contributed by atoms with Gasteiger partial charge in [-0.1, -0.05) is 42.1 Å². The van der Waals surface area contributed by atoms with Crippen LogP contribution in [0.25, 0.3) is 11.0 Å². The molecule has 0 saturated heterocycles. The van der Waals surface area contributed by atoms with Crippen LogP contribution in [0.5, 0.6) is 0 Å². The van der Waals surface area contributed by atoms with E-state index in [4.69, 9.17) is 5.73 Å². The minimum atomic E-state index is -1.03. The number of rotatable bonds is 6. The Hall–Kier alpha value is -3.73. The number of ketones is 1. The number of anilines is 1. The monoisotopic (exact) mass is 457 g/mol. The summed E-state index contributed by atoms with van der Waals surface area (Å²) < 4.78 is 28.8. The maximum atomic E-state index is 13.4. The molecule has 4 aromatic rings. The maximum absolute atomic E-state index is 13.4. The molecule has 2 aromatic carbocycles. The molecule has 0 atom stereocenters. The van der Waals surface area contributed by atoms with E-state index in [0.717, 1.165) is 34.0 Å². The van der Waals surface area contributed by atoms with Crippen molar-refractivity contribution >= 4 is 34.4 Å². The largest absolute Gasteiger partial charge is 0.384 e. The van der Waals surface area contributed by atoms with Crippen LogP contribution in [0.2, 0.25) is 0 Å². The van der Waals surface area contributed by atoms with Crippen molar-refractivity contribution in [2.75, 3.05) is 11.5 Å². The quantitative estimate of drug-likeness (QED) is 0.339. The van der Waals surface area contributed by atoms with Crippen LogP contribution >= 0.6 is 11.8 Å². The van der Waals surface area contributed by atoms with E-state index < -0.39 is 28.7 Å². The van der Waals surface area contributed by atoms with Gasteiger partial charge in [-0.25, -0.2) is 18.6 Å². The van der Waals surface area contributed by atoms with Gasteiger partial charge in [-0.05, 0) is 5.56 Å². The molecule has 0 radical (unpaired) electrons. The van der Waals surface area contributed by atoms with E-state index in [1.54, 1.807) is 24.3 Å². The van der Waals surface area contributed by atoms with E-state index in [9.17, 15) is 23.2 Å². The molecule has 0 bridgehead atoms. The zero-order valence-electron chi connectivity index (χ0n) is 16.8. The van der Waals surface area contributed by atoms with Crippen molar-refractivity contribution in [1.29, 1.82) is 0 Å². The lowest BCUT2D eigenvalue weighted by Crippen LogP contribution is -2.43. The number of nitrogens with one attached hydrogen (secondary N) is 1. The number of hydrogen-bond acceptors (Lipinski definition) is 6. The average Bonchev–Trinajstić information content (AvgIpc) is 3.16. The topological polar surface area (TPSA) is 116 Å². The van der Waals surface area contributed by atoms with Crippen LogP contribution in [0.3, 0.4) is 0 Å². The number of hydrogen-bond donors (Lipinski definition) is 2. The molecule has 0 aliphatic heterocycles. The van der Waals surface area contributed by atoms with Crippen LogP contribution in [0.4, 0.5) is 14.6 Å². The van der Waals surface area contributed by atoms with Crippen LogP contribution in [0, 0.1) is 11.6 Å². The number of H-pyrrole nitrogens is 1. The van der Waals surface area contributed by atoms with Crippen molar-refractivity contribution in [3.63, 3.8) is 0 Å². The first-order chi connectivity index (χ1) is 15.3. The highest BCUT2D eigenvalue weighted by Crippen LogP contribution is 2.23. The molecule has 0 aliphatic rings. The summed E-state index contributed by atoms with van der Waals surface area (Å²) in [6, 6.07) is 10.9. The summed E-state index contributed by atoms with van der Waals surface area (Å²) in [4.78, 5) is 44.9. The van der Waals surface area contributed by atoms with Gasteiger partial charge in [0.05, 0.1) is 23.3 Å². The number of aromatic amines is 1. The van der Waals surface area contributed by atoms with Crippen molar-refractivity contribution in [1.82, 2.24) is 19.1 Å². The van der Waals surface area contributed by atoms with Crippen LogP contribution in [-0.4, -0.2) is 30.6 Å². The lowest BCUT2D eigenvalue weighted by Gasteiger charge is -2.14. The Morgan fingerprint density at radius 1 is 1.16 bits per heavy atom. The summed E-state index contributed by atoms with van der Waals surface area (Å²) in [5, 5.41) is 0.242. The fraction of sp³-hybridized carbons (Fsp3) is 0.143. The maximum Gasteiger partial charge on any atom is 0.332 e. The molecule has 0 spiro atoms. The number of aromatic nitrogens is 4. The minimum absolute atomic E-state index is 0.0910. The van der Waals surface area contributed by atoms with Crippen molar-refractivity contribution < 1.29 is 13.6 Å². The van der Waals surface area contributed by atoms with Gasteiger partial charge in [0.2, 0.25) is 0 Å². The highest BCUT2D eigenvalue weighted by molar-refractivity contribution is 7.99. The normalized spacial score (nSPS) is 11.2. The smallest absolute Gasteiger partial charge is 0.332 e. The number of carbonyl (C=O) groups excluding carboxylic acids is 1. The summed E-state index contributed by atoms with van der Waals surface area (Å²) in [6.07, 6.45) is 0. The lowest BCUT2D eigenvalue weighted by atomic mass is 10.2. The van der Waals surface area contributed by atoms with Crippen LogP contribution in [0.1, 0.15) is 15.9 Å². The second-order valence-electron chi connectivity index (χ2n) is 7.02. The van der Waals surface area contributed by atoms with Crippen molar-refractivity contribution in [2.24, 2.45) is 7.05 Å². The fourth-order valence-corrected chi connectivity index (χ4v) is 3.98. The third kappa shape index (κ3) is 3.94. The molecule has 0 saturated carbocycles. The van der Waals surface area contributed by atoms with E-state index >= 15 is 0 Å². The Bertz CT molecular complexity index is 1420. The number of benzene rings is 2. The molecule has 0 fully saturated rings. The van der Waals surface area contributed by atoms with Gasteiger partial charge >= 0.3 is 5.69 Å². The Balaban J connectivity index is 1.63. The first-order valence-electron chi connectivity index (χ1n) is 9.40. The molecular weight excluding hydrogens is 440 g/mol. The molecule has 3 N–H and O–H groups in total. The lowest BCUT2D eigenvalue weighted by molar-refractivity contribution is 0.102. The molecular formula is C21H17F2N5O3S. The van der Waals surface area contributed by atoms with Gasteiger partial charge in [0.25, 0.3) is 5.56 Å². The van der Waals surface area contributed by atoms with E-state index in [0.29, 0.717) is 0 Å². The number of nitrogen functional groups attached to an aromatic ring is 1. The molecule has 11 heteroatoms. The van der Waals surface area contributed by atoms with Gasteiger partial charge in [-0.3, -0.25) is 18.7 Å². The first kappa shape index (κ1) is 21.5. The van der Waals surface area contributed by atoms with Crippen LogP contribution < -0.4 is 17.0 Å². The molecule has 4 rings (SSSR count). The fourth-order valence-electron chi connectivity index (χ4n) is 3.22. The Labute approximate surface area is 183 Å². The van der Waals surface area contributed by atoms with Gasteiger partial charge in [-0.2, -0.15) is 0 Å². The number of imidazole rings is 1. The molecule has 2 aromatic heterocycles. The van der Waals surface area contributed by atoms with Crippen molar-refractivity contribution in [3.8, 4) is 0 Å². The van der Waals surface area contributed by atoms with E-state index in [2.05, 4.69) is 9.97 Å². The predicted molar refractivity (Wildman–Crippen MR) is 117 cm³/mol. The molecule has 0 aliphatic carbocycles. The summed E-state index contributed by atoms with van der Waals surface area (Å²) in [6.45, 7) is 0.0910. The number of thioether (sulfide) groups is 1. The first-order valence-corrected chi connectivity index (χ1v) is 10.4. The van der Waals surface area contributed by atoms with Crippen LogP contribution in [0.15, 0.2) is 57.2 Å². The SMILES string of the molecule is Cn1c(=O)c(C(=O)CSc2nc3cc(F)c(F)cc3[nH]2)c(N)n(Cc2ccccc2)c1=O. The number of halogens is 2. The third-order valence-corrected chi connectivity index (χ3v) is 5.76. The van der Waals surface area contributed by atoms with Gasteiger partial charge in [-0.15, -0.1) is 0 Å². The van der Waals surface area contributed by atoms with Gasteiger partial charge in [0, 0.05) is 19.2 Å². The third-order valence-electron chi connectivity index (χ3n) is 4.89. The number of carbonyl (C=O) groups is 1. The van der Waals surface area contributed by atoms with Crippen LogP contribution in [-0.2, 0) is 13.6 Å². The number of Topliss-reactive ketones (excluding diaryl/α,β-unsaturated/α-hetero) is 1. The number of nitrogens with two attached hydrogens (primary N) is 1. The van der Waals surface area contributed by atoms with E-state index in [1.807, 2.05) is 6.07 Å². The summed E-state index contributed by atoms with van der Waals surface area (Å²) in [5.41, 5.74) is 5.59. The second-order valence-corrected chi connectivity index (χ2v) is 7.98. The standard InChI is InChI=1S/C21H17F2N5O3S/c1-27-19(30)17(18(24)28(21(27)31)9-11-5-3-2-4-6-11)16(29)10-32-20-25-14-7-12(22)13(23)8-15(14)26-20/h2-8H,9-10,24H2,1H3,(H,25,26). The highest BCUT2D eigenvalue weighted by atomic mass is 32.2. The van der Waals surface area contributed by atoms with E-state index in [-0.39, 0.29) is 39.9 Å². The predicted octanol–water partition coefficient (Wildman–Crippen LogP) is 2.31. The number of nitrogens with zero attached hydrogens (tertiary/aromatic N) is 3. The highest BCUT2D eigenvalue weighted by Gasteiger charge is 2.22. The van der Waals surface area contributed by atoms with Crippen molar-refractivity contribution in [2.45, 2.75) is 11.7 Å². The van der Waals surface area contributed by atoms with E-state index in [1.165, 1.54) is 11.6 Å². The van der Waals surface area contributed by atoms with Gasteiger partial charge < -0.3 is 10.7 Å². The minimum Gasteiger partial charge on any atom is -0.384 e.